The number of benzene rings is 1. The summed E-state index contributed by atoms with van der Waals surface area (Å²) in [6.45, 7) is 11.2. The number of aromatic nitrogens is 3. The highest BCUT2D eigenvalue weighted by Crippen LogP contribution is 2.21. The van der Waals surface area contributed by atoms with E-state index >= 15 is 0 Å². The zero-order valence-corrected chi connectivity index (χ0v) is 18.5. The molecule has 31 heavy (non-hydrogen) atoms. The molecule has 168 valence electrons. The molecule has 1 aliphatic rings. The van der Waals surface area contributed by atoms with Crippen LogP contribution < -0.4 is 4.90 Å². The molecule has 0 atom stereocenters. The van der Waals surface area contributed by atoms with Crippen LogP contribution in [0.4, 0.5) is 5.69 Å². The fourth-order valence-electron chi connectivity index (χ4n) is 3.78. The predicted octanol–water partition coefficient (Wildman–Crippen LogP) is 2.15. The van der Waals surface area contributed by atoms with Crippen molar-refractivity contribution in [2.75, 3.05) is 50.8 Å². The van der Waals surface area contributed by atoms with E-state index in [1.807, 2.05) is 0 Å². The van der Waals surface area contributed by atoms with Gasteiger partial charge >= 0.3 is 11.9 Å². The number of hydrogen-bond donors (Lipinski definition) is 0. The lowest BCUT2D eigenvalue weighted by Crippen LogP contribution is -2.47. The fourth-order valence-corrected chi connectivity index (χ4v) is 3.78. The van der Waals surface area contributed by atoms with Crippen LogP contribution in [0.2, 0.25) is 0 Å². The molecule has 0 unspecified atom stereocenters. The van der Waals surface area contributed by atoms with E-state index in [0.29, 0.717) is 6.54 Å². The summed E-state index contributed by atoms with van der Waals surface area (Å²) in [7, 11) is 0. The average Bonchev–Trinajstić information content (AvgIpc) is 3.19. The number of carbonyl (C=O) groups is 2. The summed E-state index contributed by atoms with van der Waals surface area (Å²) in [5.41, 5.74) is 2.57. The van der Waals surface area contributed by atoms with Gasteiger partial charge in [0.15, 0.2) is 5.69 Å². The van der Waals surface area contributed by atoms with Crippen molar-refractivity contribution in [3.63, 3.8) is 0 Å². The van der Waals surface area contributed by atoms with Crippen molar-refractivity contribution in [3.05, 3.63) is 41.2 Å². The summed E-state index contributed by atoms with van der Waals surface area (Å²) in [4.78, 5) is 29.3. The lowest BCUT2D eigenvalue weighted by molar-refractivity contribution is 0.0466. The van der Waals surface area contributed by atoms with E-state index in [0.717, 1.165) is 39.1 Å². The molecule has 0 saturated carbocycles. The highest BCUT2D eigenvalue weighted by molar-refractivity contribution is 6.00. The van der Waals surface area contributed by atoms with Crippen LogP contribution in [0.3, 0.4) is 0 Å². The molecule has 3 rings (SSSR count). The van der Waals surface area contributed by atoms with Crippen molar-refractivity contribution in [1.82, 2.24) is 19.9 Å². The van der Waals surface area contributed by atoms with Crippen LogP contribution in [0.1, 0.15) is 46.8 Å². The Balaban J connectivity index is 1.55. The molecule has 0 bridgehead atoms. The second-order valence-electron chi connectivity index (χ2n) is 7.42. The van der Waals surface area contributed by atoms with Crippen molar-refractivity contribution in [2.45, 2.75) is 33.7 Å². The zero-order valence-electron chi connectivity index (χ0n) is 18.5. The highest BCUT2D eigenvalue weighted by Gasteiger charge is 2.27. The maximum Gasteiger partial charge on any atom is 0.361 e. The molecule has 0 N–H and O–H groups in total. The topological polar surface area (TPSA) is 89.8 Å². The monoisotopic (exact) mass is 429 g/mol. The number of anilines is 1. The van der Waals surface area contributed by atoms with E-state index in [-0.39, 0.29) is 24.6 Å². The number of carbonyl (C=O) groups excluding carboxylic acids is 2. The highest BCUT2D eigenvalue weighted by atomic mass is 16.5. The van der Waals surface area contributed by atoms with Crippen LogP contribution in [0.25, 0.3) is 0 Å². The maximum atomic E-state index is 12.4. The van der Waals surface area contributed by atoms with Crippen LogP contribution in [0, 0.1) is 6.92 Å². The van der Waals surface area contributed by atoms with Gasteiger partial charge in [-0.15, -0.1) is 5.10 Å². The second-order valence-corrected chi connectivity index (χ2v) is 7.42. The summed E-state index contributed by atoms with van der Waals surface area (Å²) in [5, 5.41) is 7.88. The van der Waals surface area contributed by atoms with Gasteiger partial charge in [0, 0.05) is 45.0 Å². The van der Waals surface area contributed by atoms with Gasteiger partial charge < -0.3 is 14.4 Å². The predicted molar refractivity (Wildman–Crippen MR) is 116 cm³/mol. The van der Waals surface area contributed by atoms with E-state index in [1.165, 1.54) is 15.9 Å². The Bertz CT molecular complexity index is 890. The van der Waals surface area contributed by atoms with E-state index in [1.54, 1.807) is 13.8 Å². The first-order chi connectivity index (χ1) is 15.0. The standard InChI is InChI=1S/C22H31N5O4/c1-4-30-21(28)19-20(22(29)31-5-2)27(24-23-19)12-8-11-25-13-15-26(16-14-25)18-10-7-6-9-17(18)3/h6-7,9-10H,4-5,8,11-16H2,1-3H3. The van der Waals surface area contributed by atoms with Crippen LogP contribution >= 0.6 is 0 Å². The van der Waals surface area contributed by atoms with Crippen LogP contribution in [-0.2, 0) is 16.0 Å². The SMILES string of the molecule is CCOC(=O)c1nnn(CCCN2CCN(c3ccccc3C)CC2)c1C(=O)OCC. The van der Waals surface area contributed by atoms with Gasteiger partial charge in [0.2, 0.25) is 5.69 Å². The Morgan fingerprint density at radius 3 is 2.32 bits per heavy atom. The van der Waals surface area contributed by atoms with Gasteiger partial charge in [-0.3, -0.25) is 4.90 Å². The summed E-state index contributed by atoms with van der Waals surface area (Å²) < 4.78 is 11.5. The molecular weight excluding hydrogens is 398 g/mol. The normalized spacial score (nSPS) is 14.5. The van der Waals surface area contributed by atoms with Crippen molar-refractivity contribution in [1.29, 1.82) is 0 Å². The minimum atomic E-state index is -0.663. The third kappa shape index (κ3) is 5.61. The van der Waals surface area contributed by atoms with Crippen molar-refractivity contribution < 1.29 is 19.1 Å². The fraction of sp³-hybridized carbons (Fsp3) is 0.545. The molecular formula is C22H31N5O4. The van der Waals surface area contributed by atoms with E-state index in [4.69, 9.17) is 9.47 Å². The first kappa shape index (κ1) is 22.7. The number of nitrogens with zero attached hydrogens (tertiary/aromatic N) is 5. The molecule has 1 aromatic heterocycles. The van der Waals surface area contributed by atoms with Crippen molar-refractivity contribution >= 4 is 17.6 Å². The number of ether oxygens (including phenoxy) is 2. The van der Waals surface area contributed by atoms with E-state index < -0.39 is 11.9 Å². The molecule has 2 aromatic rings. The lowest BCUT2D eigenvalue weighted by atomic mass is 10.1. The number of hydrogen-bond acceptors (Lipinski definition) is 8. The summed E-state index contributed by atoms with van der Waals surface area (Å²) in [6.07, 6.45) is 0.780. The molecule has 9 heteroatoms. The zero-order chi connectivity index (χ0) is 22.2. The number of piperazine rings is 1. The Labute approximate surface area is 182 Å². The Morgan fingerprint density at radius 1 is 0.968 bits per heavy atom. The Hall–Kier alpha value is -2.94. The molecule has 1 fully saturated rings. The molecule has 1 aliphatic heterocycles. The summed E-state index contributed by atoms with van der Waals surface area (Å²) in [5.74, 6) is -1.27. The van der Waals surface area contributed by atoms with Crippen LogP contribution in [-0.4, -0.2) is 77.8 Å². The van der Waals surface area contributed by atoms with Gasteiger partial charge in [-0.05, 0) is 38.8 Å². The average molecular weight is 430 g/mol. The molecule has 0 spiro atoms. The van der Waals surface area contributed by atoms with Gasteiger partial charge in [0.05, 0.1) is 13.2 Å². The largest absolute Gasteiger partial charge is 0.461 e. The number of esters is 2. The summed E-state index contributed by atoms with van der Waals surface area (Å²) >= 11 is 0. The first-order valence-corrected chi connectivity index (χ1v) is 10.9. The molecule has 0 aliphatic carbocycles. The van der Waals surface area contributed by atoms with Gasteiger partial charge in [0.25, 0.3) is 0 Å². The van der Waals surface area contributed by atoms with Crippen LogP contribution in [0.5, 0.6) is 0 Å². The number of aryl methyl sites for hydroxylation is 2. The number of rotatable bonds is 9. The van der Waals surface area contributed by atoms with Gasteiger partial charge in [0.1, 0.15) is 0 Å². The smallest absolute Gasteiger partial charge is 0.361 e. The molecule has 1 aromatic carbocycles. The second kappa shape index (κ2) is 10.9. The van der Waals surface area contributed by atoms with Crippen molar-refractivity contribution in [2.24, 2.45) is 0 Å². The van der Waals surface area contributed by atoms with Crippen molar-refractivity contribution in [3.8, 4) is 0 Å². The molecule has 0 radical (unpaired) electrons. The van der Waals surface area contributed by atoms with Crippen LogP contribution in [0.15, 0.2) is 24.3 Å². The van der Waals surface area contributed by atoms with Gasteiger partial charge in [-0.2, -0.15) is 0 Å². The Kier molecular flexibility index (Phi) is 8.00. The van der Waals surface area contributed by atoms with E-state index in [9.17, 15) is 9.59 Å². The Morgan fingerprint density at radius 2 is 1.65 bits per heavy atom. The van der Waals surface area contributed by atoms with E-state index in [2.05, 4.69) is 51.3 Å². The molecule has 9 nitrogen and oxygen atoms in total. The van der Waals surface area contributed by atoms with Gasteiger partial charge in [-0.1, -0.05) is 23.4 Å². The number of para-hydroxylation sites is 1. The minimum absolute atomic E-state index is 0.0599. The first-order valence-electron chi connectivity index (χ1n) is 10.9. The molecule has 1 saturated heterocycles. The molecule has 2 heterocycles. The quantitative estimate of drug-likeness (QED) is 0.560. The maximum absolute atomic E-state index is 12.4. The molecule has 0 amide bonds. The summed E-state index contributed by atoms with van der Waals surface area (Å²) in [6, 6.07) is 8.47. The van der Waals surface area contributed by atoms with Gasteiger partial charge in [-0.25, -0.2) is 14.3 Å². The lowest BCUT2D eigenvalue weighted by Gasteiger charge is -2.36. The third-order valence-electron chi connectivity index (χ3n) is 5.35. The third-order valence-corrected chi connectivity index (χ3v) is 5.35. The minimum Gasteiger partial charge on any atom is -0.461 e.